The van der Waals surface area contributed by atoms with Gasteiger partial charge in [0.25, 0.3) is 0 Å². The fourth-order valence-corrected chi connectivity index (χ4v) is 2.74. The Bertz CT molecular complexity index is 852. The molecule has 27 heavy (non-hydrogen) atoms. The maximum Gasteiger partial charge on any atom is 0.225 e. The van der Waals surface area contributed by atoms with Crippen LogP contribution in [0.2, 0.25) is 0 Å². The Kier molecular flexibility index (Phi) is 6.73. The quantitative estimate of drug-likeness (QED) is 0.569. The fourth-order valence-electron chi connectivity index (χ4n) is 2.47. The van der Waals surface area contributed by atoms with Crippen LogP contribution in [0.15, 0.2) is 59.3 Å². The van der Waals surface area contributed by atoms with Crippen LogP contribution >= 0.6 is 15.9 Å². The van der Waals surface area contributed by atoms with E-state index in [0.717, 1.165) is 34.6 Å². The van der Waals surface area contributed by atoms with E-state index in [2.05, 4.69) is 58.5 Å². The minimum absolute atomic E-state index is 0.615. The van der Waals surface area contributed by atoms with E-state index in [1.165, 1.54) is 5.56 Å². The van der Waals surface area contributed by atoms with Crippen molar-refractivity contribution < 1.29 is 0 Å². The lowest BCUT2D eigenvalue weighted by atomic mass is 10.2. The van der Waals surface area contributed by atoms with E-state index in [1.807, 2.05) is 44.4 Å². The van der Waals surface area contributed by atoms with Crippen LogP contribution in [0.3, 0.4) is 0 Å². The molecule has 0 spiro atoms. The van der Waals surface area contributed by atoms with Gasteiger partial charge in [0.15, 0.2) is 0 Å². The third-order valence-electron chi connectivity index (χ3n) is 3.93. The van der Waals surface area contributed by atoms with Gasteiger partial charge in [0.1, 0.15) is 5.82 Å². The molecular weight excluding hydrogens is 404 g/mol. The molecule has 3 aromatic rings. The number of hydrogen-bond acceptors (Lipinski definition) is 6. The van der Waals surface area contributed by atoms with Gasteiger partial charge in [-0.15, -0.1) is 0 Å². The monoisotopic (exact) mass is 426 g/mol. The van der Waals surface area contributed by atoms with Crippen LogP contribution < -0.4 is 10.6 Å². The fraction of sp³-hybridized carbons (Fsp3) is 0.250. The molecule has 2 aromatic heterocycles. The van der Waals surface area contributed by atoms with Gasteiger partial charge < -0.3 is 15.5 Å². The Labute approximate surface area is 168 Å². The summed E-state index contributed by atoms with van der Waals surface area (Å²) < 4.78 is 1.07. The molecule has 0 radical (unpaired) electrons. The molecule has 2 heterocycles. The van der Waals surface area contributed by atoms with Gasteiger partial charge in [0, 0.05) is 48.1 Å². The molecule has 7 heteroatoms. The minimum Gasteiger partial charge on any atom is -0.366 e. The molecule has 0 fully saturated rings. The summed E-state index contributed by atoms with van der Waals surface area (Å²) in [5.41, 5.74) is 3.05. The second-order valence-corrected chi connectivity index (χ2v) is 7.32. The Hall–Kier alpha value is -2.51. The second-order valence-electron chi connectivity index (χ2n) is 6.41. The van der Waals surface area contributed by atoms with Gasteiger partial charge in [-0.05, 0) is 43.9 Å². The van der Waals surface area contributed by atoms with Crippen LogP contribution in [0.4, 0.5) is 11.8 Å². The van der Waals surface area contributed by atoms with Gasteiger partial charge in [-0.25, -0.2) is 4.98 Å². The molecule has 3 rings (SSSR count). The molecule has 0 saturated carbocycles. The first-order valence-electron chi connectivity index (χ1n) is 8.76. The number of nitrogens with one attached hydrogen (secondary N) is 2. The first kappa shape index (κ1) is 19.3. The third-order valence-corrected chi connectivity index (χ3v) is 4.46. The summed E-state index contributed by atoms with van der Waals surface area (Å²) >= 11 is 3.46. The average Bonchev–Trinajstić information content (AvgIpc) is 2.68. The highest BCUT2D eigenvalue weighted by Gasteiger charge is 2.07. The summed E-state index contributed by atoms with van der Waals surface area (Å²) in [6.45, 7) is 2.38. The topological polar surface area (TPSA) is 66.0 Å². The lowest BCUT2D eigenvalue weighted by Crippen LogP contribution is -2.21. The second kappa shape index (κ2) is 9.43. The molecule has 0 unspecified atom stereocenters. The Morgan fingerprint density at radius 3 is 2.41 bits per heavy atom. The average molecular weight is 427 g/mol. The molecule has 0 aliphatic carbocycles. The van der Waals surface area contributed by atoms with Gasteiger partial charge >= 0.3 is 0 Å². The zero-order chi connectivity index (χ0) is 19.1. The summed E-state index contributed by atoms with van der Waals surface area (Å²) in [5.74, 6) is 1.40. The third kappa shape index (κ3) is 6.01. The van der Waals surface area contributed by atoms with Crippen molar-refractivity contribution in [2.24, 2.45) is 0 Å². The number of rotatable bonds is 8. The van der Waals surface area contributed by atoms with Crippen molar-refractivity contribution in [3.8, 4) is 11.3 Å². The lowest BCUT2D eigenvalue weighted by molar-refractivity contribution is 0.425. The maximum absolute atomic E-state index is 4.65. The van der Waals surface area contributed by atoms with E-state index in [0.29, 0.717) is 12.5 Å². The molecule has 0 atom stereocenters. The van der Waals surface area contributed by atoms with Crippen LogP contribution in [0.25, 0.3) is 11.3 Å². The zero-order valence-corrected chi connectivity index (χ0v) is 17.1. The Morgan fingerprint density at radius 2 is 1.70 bits per heavy atom. The number of nitrogens with zero attached hydrogens (tertiary/aromatic N) is 4. The SMILES string of the molecule is CN(C)CCNc1nc(NCc2ccc(Br)cc2)cc(-c2ccncc2)n1. The summed E-state index contributed by atoms with van der Waals surface area (Å²) in [6.07, 6.45) is 3.54. The van der Waals surface area contributed by atoms with Crippen LogP contribution in [0.5, 0.6) is 0 Å². The van der Waals surface area contributed by atoms with Crippen LogP contribution in [-0.2, 0) is 6.54 Å². The highest BCUT2D eigenvalue weighted by molar-refractivity contribution is 9.10. The van der Waals surface area contributed by atoms with Gasteiger partial charge in [-0.3, -0.25) is 4.98 Å². The number of halogens is 1. The number of pyridine rings is 1. The number of likely N-dealkylation sites (N-methyl/N-ethyl adjacent to an activating group) is 1. The summed E-state index contributed by atoms with van der Waals surface area (Å²) in [7, 11) is 4.09. The summed E-state index contributed by atoms with van der Waals surface area (Å²) in [6, 6.07) is 14.1. The van der Waals surface area contributed by atoms with Crippen molar-refractivity contribution in [1.82, 2.24) is 19.9 Å². The van der Waals surface area contributed by atoms with E-state index >= 15 is 0 Å². The minimum atomic E-state index is 0.615. The number of benzene rings is 1. The molecule has 140 valence electrons. The van der Waals surface area contributed by atoms with Gasteiger partial charge in [-0.2, -0.15) is 4.98 Å². The van der Waals surface area contributed by atoms with Crippen molar-refractivity contribution in [1.29, 1.82) is 0 Å². The maximum atomic E-state index is 4.65. The van der Waals surface area contributed by atoms with Crippen LogP contribution in [-0.4, -0.2) is 47.0 Å². The molecule has 2 N–H and O–H groups in total. The molecule has 1 aromatic carbocycles. The molecule has 0 aliphatic rings. The Morgan fingerprint density at radius 1 is 0.963 bits per heavy atom. The van der Waals surface area contributed by atoms with E-state index in [-0.39, 0.29) is 0 Å². The van der Waals surface area contributed by atoms with Crippen LogP contribution in [0, 0.1) is 0 Å². The first-order valence-corrected chi connectivity index (χ1v) is 9.56. The first-order chi connectivity index (χ1) is 13.1. The van der Waals surface area contributed by atoms with Crippen molar-refractivity contribution in [2.75, 3.05) is 37.8 Å². The molecule has 0 aliphatic heterocycles. The van der Waals surface area contributed by atoms with Crippen molar-refractivity contribution in [3.63, 3.8) is 0 Å². The number of anilines is 2. The van der Waals surface area contributed by atoms with Gasteiger partial charge in [-0.1, -0.05) is 28.1 Å². The highest BCUT2D eigenvalue weighted by Crippen LogP contribution is 2.21. The smallest absolute Gasteiger partial charge is 0.225 e. The molecule has 0 saturated heterocycles. The van der Waals surface area contributed by atoms with Crippen LogP contribution in [0.1, 0.15) is 5.56 Å². The molecule has 0 bridgehead atoms. The van der Waals surface area contributed by atoms with E-state index in [9.17, 15) is 0 Å². The Balaban J connectivity index is 1.79. The molecular formula is C20H23BrN6. The summed E-state index contributed by atoms with van der Waals surface area (Å²) in [5, 5.41) is 6.70. The number of aromatic nitrogens is 3. The highest BCUT2D eigenvalue weighted by atomic mass is 79.9. The van der Waals surface area contributed by atoms with Crippen molar-refractivity contribution >= 4 is 27.7 Å². The van der Waals surface area contributed by atoms with E-state index < -0.39 is 0 Å². The normalized spacial score (nSPS) is 10.8. The van der Waals surface area contributed by atoms with E-state index in [1.54, 1.807) is 12.4 Å². The van der Waals surface area contributed by atoms with E-state index in [4.69, 9.17) is 0 Å². The standard InChI is InChI=1S/C20H23BrN6/c1-27(2)12-11-23-20-25-18(16-7-9-22-10-8-16)13-19(26-20)24-14-15-3-5-17(21)6-4-15/h3-10,13H,11-12,14H2,1-2H3,(H2,23,24,25,26). The number of hydrogen-bond donors (Lipinski definition) is 2. The predicted molar refractivity (Wildman–Crippen MR) is 114 cm³/mol. The lowest BCUT2D eigenvalue weighted by Gasteiger charge is -2.13. The largest absolute Gasteiger partial charge is 0.366 e. The van der Waals surface area contributed by atoms with Crippen molar-refractivity contribution in [2.45, 2.75) is 6.54 Å². The zero-order valence-electron chi connectivity index (χ0n) is 15.5. The van der Waals surface area contributed by atoms with Gasteiger partial charge in [0.05, 0.1) is 5.69 Å². The summed E-state index contributed by atoms with van der Waals surface area (Å²) in [4.78, 5) is 15.5. The van der Waals surface area contributed by atoms with Crippen molar-refractivity contribution in [3.05, 3.63) is 64.9 Å². The predicted octanol–water partition coefficient (Wildman–Crippen LogP) is 3.89. The molecule has 0 amide bonds. The molecule has 6 nitrogen and oxygen atoms in total. The van der Waals surface area contributed by atoms with Gasteiger partial charge in [0.2, 0.25) is 5.95 Å².